The molecule has 0 bridgehead atoms. The number of hydrogen-bond acceptors (Lipinski definition) is 4. The molecule has 2 unspecified atom stereocenters. The number of carbonyl (C=O) groups is 2. The highest BCUT2D eigenvalue weighted by Crippen LogP contribution is 2.44. The number of rotatable bonds is 4. The van der Waals surface area contributed by atoms with Crippen LogP contribution in [0.15, 0.2) is 0 Å². The maximum atomic E-state index is 12.3. The molecule has 2 rings (SSSR count). The monoisotopic (exact) mass is 272 g/mol. The van der Waals surface area contributed by atoms with Gasteiger partial charge in [-0.25, -0.2) is 4.79 Å². The van der Waals surface area contributed by atoms with Crippen LogP contribution in [-0.4, -0.2) is 45.6 Å². The Bertz CT molecular complexity index is 352. The molecule has 0 aromatic heterocycles. The molecular formula is C12H20N2O3S. The van der Waals surface area contributed by atoms with E-state index in [9.17, 15) is 9.59 Å². The highest BCUT2D eigenvalue weighted by atomic mass is 32.2. The topological polar surface area (TPSA) is 83.6 Å². The summed E-state index contributed by atoms with van der Waals surface area (Å²) in [6, 6.07) is -0.674. The molecule has 1 amide bonds. The quantitative estimate of drug-likeness (QED) is 0.793. The number of nitrogens with zero attached hydrogens (tertiary/aromatic N) is 1. The number of thioether (sulfide) groups is 1. The zero-order valence-corrected chi connectivity index (χ0v) is 11.4. The summed E-state index contributed by atoms with van der Waals surface area (Å²) < 4.78 is 0. The van der Waals surface area contributed by atoms with Crippen molar-refractivity contribution in [3.63, 3.8) is 0 Å². The Balaban J connectivity index is 2.05. The molecule has 0 aromatic rings. The summed E-state index contributed by atoms with van der Waals surface area (Å²) in [4.78, 5) is 25.0. The summed E-state index contributed by atoms with van der Waals surface area (Å²) in [5.74, 6) is -0.474. The van der Waals surface area contributed by atoms with Gasteiger partial charge in [0.15, 0.2) is 0 Å². The highest BCUT2D eigenvalue weighted by Gasteiger charge is 2.44. The lowest BCUT2D eigenvalue weighted by molar-refractivity contribution is -0.150. The highest BCUT2D eigenvalue weighted by molar-refractivity contribution is 8.00. The van der Waals surface area contributed by atoms with Crippen molar-refractivity contribution in [2.45, 2.75) is 44.0 Å². The van der Waals surface area contributed by atoms with Crippen LogP contribution in [0.5, 0.6) is 0 Å². The van der Waals surface area contributed by atoms with Gasteiger partial charge >= 0.3 is 5.97 Å². The van der Waals surface area contributed by atoms with E-state index in [1.165, 1.54) is 16.7 Å². The van der Waals surface area contributed by atoms with E-state index < -0.39 is 12.0 Å². The lowest BCUT2D eigenvalue weighted by atomic mass is 9.66. The molecule has 2 atom stereocenters. The Kier molecular flexibility index (Phi) is 3.87. The Morgan fingerprint density at radius 1 is 1.50 bits per heavy atom. The molecule has 2 aliphatic rings. The predicted octanol–water partition coefficient (Wildman–Crippen LogP) is 0.880. The third-order valence-corrected chi connectivity index (χ3v) is 5.39. The first-order valence-electron chi connectivity index (χ1n) is 6.35. The van der Waals surface area contributed by atoms with E-state index in [4.69, 9.17) is 10.8 Å². The molecule has 6 heteroatoms. The van der Waals surface area contributed by atoms with Gasteiger partial charge in [0.2, 0.25) is 5.91 Å². The fourth-order valence-corrected chi connectivity index (χ4v) is 3.94. The van der Waals surface area contributed by atoms with Gasteiger partial charge in [-0.15, -0.1) is 11.8 Å². The van der Waals surface area contributed by atoms with Crippen LogP contribution in [0, 0.1) is 5.41 Å². The van der Waals surface area contributed by atoms with Crippen molar-refractivity contribution in [2.75, 3.05) is 12.3 Å². The minimum absolute atomic E-state index is 0.0477. The van der Waals surface area contributed by atoms with Crippen molar-refractivity contribution in [3.8, 4) is 0 Å². The number of hydrogen-bond donors (Lipinski definition) is 2. The molecule has 3 N–H and O–H groups in total. The second-order valence-corrected chi connectivity index (χ2v) is 6.67. The van der Waals surface area contributed by atoms with E-state index >= 15 is 0 Å². The van der Waals surface area contributed by atoms with Crippen molar-refractivity contribution in [3.05, 3.63) is 0 Å². The number of nitrogens with two attached hydrogens (primary N) is 1. The first-order valence-corrected chi connectivity index (χ1v) is 7.40. The Hall–Kier alpha value is -0.750. The third-order valence-electron chi connectivity index (χ3n) is 4.17. The van der Waals surface area contributed by atoms with Crippen LogP contribution in [0.4, 0.5) is 0 Å². The van der Waals surface area contributed by atoms with E-state index in [-0.39, 0.29) is 16.7 Å². The summed E-state index contributed by atoms with van der Waals surface area (Å²) in [6.07, 6.45) is 3.50. The number of carboxylic acid groups (broad SMARTS) is 1. The van der Waals surface area contributed by atoms with Crippen LogP contribution in [-0.2, 0) is 9.59 Å². The van der Waals surface area contributed by atoms with Gasteiger partial charge in [-0.3, -0.25) is 4.79 Å². The number of carbonyl (C=O) groups excluding carboxylic acids is 1. The maximum Gasteiger partial charge on any atom is 0.327 e. The second kappa shape index (κ2) is 5.09. The molecule has 1 aliphatic heterocycles. The molecule has 0 aromatic carbocycles. The average Bonchev–Trinajstić information content (AvgIpc) is 2.65. The van der Waals surface area contributed by atoms with Crippen molar-refractivity contribution >= 4 is 23.6 Å². The predicted molar refractivity (Wildman–Crippen MR) is 70.1 cm³/mol. The zero-order chi connectivity index (χ0) is 13.3. The van der Waals surface area contributed by atoms with Crippen LogP contribution in [0.3, 0.4) is 0 Å². The van der Waals surface area contributed by atoms with E-state index in [2.05, 4.69) is 0 Å². The van der Waals surface area contributed by atoms with Gasteiger partial charge in [0.25, 0.3) is 0 Å². The third kappa shape index (κ3) is 2.36. The van der Waals surface area contributed by atoms with Gasteiger partial charge in [0.05, 0.1) is 5.37 Å². The van der Waals surface area contributed by atoms with Crippen molar-refractivity contribution in [2.24, 2.45) is 11.1 Å². The number of aliphatic carboxylic acids is 1. The molecule has 1 aliphatic carbocycles. The van der Waals surface area contributed by atoms with E-state index in [0.717, 1.165) is 19.3 Å². The molecule has 0 spiro atoms. The smallest absolute Gasteiger partial charge is 0.327 e. The van der Waals surface area contributed by atoms with Gasteiger partial charge in [-0.1, -0.05) is 6.42 Å². The lowest BCUT2D eigenvalue weighted by Gasteiger charge is -2.42. The van der Waals surface area contributed by atoms with Crippen molar-refractivity contribution in [1.82, 2.24) is 4.90 Å². The van der Waals surface area contributed by atoms with Gasteiger partial charge in [-0.05, 0) is 31.7 Å². The van der Waals surface area contributed by atoms with Gasteiger partial charge in [0.1, 0.15) is 6.04 Å². The molecule has 1 saturated carbocycles. The molecular weight excluding hydrogens is 252 g/mol. The minimum atomic E-state index is -0.907. The lowest BCUT2D eigenvalue weighted by Crippen LogP contribution is -2.49. The SMILES string of the molecule is CC1SCC(C(=O)O)N1C(=O)CC1(CN)CCC1. The summed E-state index contributed by atoms with van der Waals surface area (Å²) in [5, 5.41) is 9.10. The molecule has 0 radical (unpaired) electrons. The van der Waals surface area contributed by atoms with Crippen molar-refractivity contribution in [1.29, 1.82) is 0 Å². The molecule has 18 heavy (non-hydrogen) atoms. The van der Waals surface area contributed by atoms with E-state index in [1.54, 1.807) is 0 Å². The number of carboxylic acids is 1. The second-order valence-electron chi connectivity index (χ2n) is 5.32. The van der Waals surface area contributed by atoms with E-state index in [0.29, 0.717) is 18.7 Å². The van der Waals surface area contributed by atoms with Crippen LogP contribution in [0.1, 0.15) is 32.6 Å². The van der Waals surface area contributed by atoms with Crippen LogP contribution >= 0.6 is 11.8 Å². The molecule has 102 valence electrons. The summed E-state index contributed by atoms with van der Waals surface area (Å²) in [7, 11) is 0. The first-order chi connectivity index (χ1) is 8.49. The van der Waals surface area contributed by atoms with Crippen LogP contribution in [0.2, 0.25) is 0 Å². The Labute approximate surface area is 111 Å². The first kappa shape index (κ1) is 13.7. The summed E-state index contributed by atoms with van der Waals surface area (Å²) >= 11 is 1.52. The summed E-state index contributed by atoms with van der Waals surface area (Å²) in [6.45, 7) is 2.41. The average molecular weight is 272 g/mol. The number of amides is 1. The molecule has 1 saturated heterocycles. The van der Waals surface area contributed by atoms with Gasteiger partial charge in [0, 0.05) is 12.2 Å². The fraction of sp³-hybridized carbons (Fsp3) is 0.833. The molecule has 1 heterocycles. The van der Waals surface area contributed by atoms with Crippen molar-refractivity contribution < 1.29 is 14.7 Å². The maximum absolute atomic E-state index is 12.3. The van der Waals surface area contributed by atoms with E-state index in [1.807, 2.05) is 6.92 Å². The molecule has 2 fully saturated rings. The van der Waals surface area contributed by atoms with Crippen LogP contribution < -0.4 is 5.73 Å². The largest absolute Gasteiger partial charge is 0.480 e. The summed E-state index contributed by atoms with van der Waals surface area (Å²) in [5.41, 5.74) is 5.69. The Morgan fingerprint density at radius 3 is 2.61 bits per heavy atom. The van der Waals surface area contributed by atoms with Crippen LogP contribution in [0.25, 0.3) is 0 Å². The van der Waals surface area contributed by atoms with Gasteiger partial charge < -0.3 is 15.7 Å². The Morgan fingerprint density at radius 2 is 2.17 bits per heavy atom. The minimum Gasteiger partial charge on any atom is -0.480 e. The standard InChI is InChI=1S/C12H20N2O3S/c1-8-14(9(6-18-8)11(16)17)10(15)5-12(7-13)3-2-4-12/h8-9H,2-7,13H2,1H3,(H,16,17). The van der Waals surface area contributed by atoms with Gasteiger partial charge in [-0.2, -0.15) is 0 Å². The fourth-order valence-electron chi connectivity index (χ4n) is 2.75. The zero-order valence-electron chi connectivity index (χ0n) is 10.6. The molecule has 5 nitrogen and oxygen atoms in total. The normalized spacial score (nSPS) is 30.0.